The number of rotatable bonds is 5. The van der Waals surface area contributed by atoms with Crippen molar-refractivity contribution in [1.29, 1.82) is 0 Å². The summed E-state index contributed by atoms with van der Waals surface area (Å²) in [6.45, 7) is 1.71. The van der Waals surface area contributed by atoms with Crippen molar-refractivity contribution < 1.29 is 23.1 Å². The maximum Gasteiger partial charge on any atom is 0.416 e. The topological polar surface area (TPSA) is 84.1 Å². The van der Waals surface area contributed by atoms with Crippen LogP contribution in [0, 0.1) is 5.92 Å². The van der Waals surface area contributed by atoms with Gasteiger partial charge in [0.1, 0.15) is 5.69 Å². The highest BCUT2D eigenvalue weighted by Crippen LogP contribution is 2.31. The maximum absolute atomic E-state index is 12.9. The highest BCUT2D eigenvalue weighted by molar-refractivity contribution is 5.70. The normalized spacial score (nSPS) is 15.8. The van der Waals surface area contributed by atoms with Gasteiger partial charge in [-0.3, -0.25) is 14.7 Å². The van der Waals surface area contributed by atoms with E-state index in [2.05, 4.69) is 20.2 Å². The van der Waals surface area contributed by atoms with Gasteiger partial charge in [-0.2, -0.15) is 13.2 Å². The van der Waals surface area contributed by atoms with Crippen molar-refractivity contribution in [1.82, 2.24) is 24.9 Å². The molecule has 1 saturated heterocycles. The Kier molecular flexibility index (Phi) is 5.73. The summed E-state index contributed by atoms with van der Waals surface area (Å²) in [7, 11) is 0. The molecule has 2 aromatic heterocycles. The van der Waals surface area contributed by atoms with Gasteiger partial charge in [0.25, 0.3) is 0 Å². The number of carbonyl (C=O) groups is 1. The van der Waals surface area contributed by atoms with Crippen LogP contribution in [0.2, 0.25) is 0 Å². The van der Waals surface area contributed by atoms with E-state index in [1.165, 1.54) is 16.8 Å². The van der Waals surface area contributed by atoms with Crippen LogP contribution < -0.4 is 0 Å². The maximum atomic E-state index is 12.9. The first-order valence-corrected chi connectivity index (χ1v) is 9.80. The molecule has 1 N–H and O–H groups in total. The van der Waals surface area contributed by atoms with E-state index in [-0.39, 0.29) is 5.92 Å². The number of aromatic nitrogens is 4. The van der Waals surface area contributed by atoms with Crippen LogP contribution in [-0.2, 0) is 17.5 Å². The summed E-state index contributed by atoms with van der Waals surface area (Å²) in [5.74, 6) is -1.11. The Balaban J connectivity index is 1.65. The molecule has 31 heavy (non-hydrogen) atoms. The number of hydrogen-bond acceptors (Lipinski definition) is 5. The second-order valence-corrected chi connectivity index (χ2v) is 7.47. The van der Waals surface area contributed by atoms with Gasteiger partial charge in [-0.1, -0.05) is 5.21 Å². The third-order valence-corrected chi connectivity index (χ3v) is 5.44. The fourth-order valence-electron chi connectivity index (χ4n) is 3.74. The third kappa shape index (κ3) is 4.58. The molecule has 1 aliphatic heterocycles. The van der Waals surface area contributed by atoms with Crippen molar-refractivity contribution in [3.63, 3.8) is 0 Å². The van der Waals surface area contributed by atoms with Gasteiger partial charge in [0.05, 0.1) is 22.9 Å². The number of halogens is 3. The SMILES string of the molecule is O=C(O)C1CCN(Cc2nnn(-c3ccc(C(F)(F)F)cc3)c2-c2ccncc2)CC1. The Morgan fingerprint density at radius 2 is 1.71 bits per heavy atom. The molecule has 0 bridgehead atoms. The fourth-order valence-corrected chi connectivity index (χ4v) is 3.74. The van der Waals surface area contributed by atoms with Crippen molar-refractivity contribution in [2.45, 2.75) is 25.6 Å². The number of carboxylic acid groups (broad SMARTS) is 1. The van der Waals surface area contributed by atoms with Crippen LogP contribution in [0.1, 0.15) is 24.1 Å². The van der Waals surface area contributed by atoms with E-state index in [1.807, 2.05) is 0 Å². The molecule has 3 heterocycles. The Hall–Kier alpha value is -3.27. The van der Waals surface area contributed by atoms with E-state index in [0.717, 1.165) is 17.7 Å². The number of benzene rings is 1. The van der Waals surface area contributed by atoms with Crippen molar-refractivity contribution in [3.8, 4) is 16.9 Å². The summed E-state index contributed by atoms with van der Waals surface area (Å²) in [5.41, 5.74) is 1.85. The van der Waals surface area contributed by atoms with Crippen LogP contribution in [0.25, 0.3) is 16.9 Å². The van der Waals surface area contributed by atoms with Gasteiger partial charge in [-0.05, 0) is 62.3 Å². The molecule has 1 fully saturated rings. The molecule has 0 unspecified atom stereocenters. The van der Waals surface area contributed by atoms with Gasteiger partial charge in [0.2, 0.25) is 0 Å². The van der Waals surface area contributed by atoms with E-state index in [0.29, 0.717) is 49.6 Å². The van der Waals surface area contributed by atoms with Gasteiger partial charge in [-0.15, -0.1) is 5.10 Å². The van der Waals surface area contributed by atoms with Crippen molar-refractivity contribution in [3.05, 3.63) is 60.0 Å². The first-order valence-electron chi connectivity index (χ1n) is 9.80. The zero-order valence-electron chi connectivity index (χ0n) is 16.5. The fraction of sp³-hybridized carbons (Fsp3) is 0.333. The molecule has 0 saturated carbocycles. The summed E-state index contributed by atoms with van der Waals surface area (Å²) in [6, 6.07) is 8.35. The number of carboxylic acids is 1. The van der Waals surface area contributed by atoms with Crippen molar-refractivity contribution >= 4 is 5.97 Å². The highest BCUT2D eigenvalue weighted by Gasteiger charge is 2.30. The summed E-state index contributed by atoms with van der Waals surface area (Å²) in [5, 5.41) is 17.7. The molecule has 162 valence electrons. The molecule has 0 amide bonds. The average molecular weight is 431 g/mol. The summed E-state index contributed by atoms with van der Waals surface area (Å²) in [4.78, 5) is 17.3. The van der Waals surface area contributed by atoms with E-state index in [4.69, 9.17) is 0 Å². The quantitative estimate of drug-likeness (QED) is 0.664. The first-order chi connectivity index (χ1) is 14.8. The van der Waals surface area contributed by atoms with E-state index >= 15 is 0 Å². The molecule has 0 atom stereocenters. The van der Waals surface area contributed by atoms with Gasteiger partial charge < -0.3 is 5.11 Å². The molecule has 0 radical (unpaired) electrons. The number of hydrogen-bond donors (Lipinski definition) is 1. The minimum atomic E-state index is -4.41. The van der Waals surface area contributed by atoms with E-state index in [1.54, 1.807) is 24.5 Å². The predicted octanol–water partition coefficient (Wildman–Crippen LogP) is 3.64. The second-order valence-electron chi connectivity index (χ2n) is 7.47. The Bertz CT molecular complexity index is 1040. The van der Waals surface area contributed by atoms with Crippen LogP contribution in [0.4, 0.5) is 13.2 Å². The van der Waals surface area contributed by atoms with E-state index < -0.39 is 17.7 Å². The highest BCUT2D eigenvalue weighted by atomic mass is 19.4. The molecular weight excluding hydrogens is 411 g/mol. The summed E-state index contributed by atoms with van der Waals surface area (Å²) in [6.07, 6.45) is -0.0366. The molecule has 0 spiro atoms. The lowest BCUT2D eigenvalue weighted by molar-refractivity contribution is -0.143. The van der Waals surface area contributed by atoms with E-state index in [9.17, 15) is 23.1 Å². The first kappa shape index (κ1) is 21.0. The standard InChI is InChI=1S/C21H20F3N5O2/c22-21(23,24)16-1-3-17(4-2-16)29-19(14-5-9-25-10-6-14)18(26-27-29)13-28-11-7-15(8-12-28)20(30)31/h1-6,9-10,15H,7-8,11-13H2,(H,30,31). The molecule has 7 nitrogen and oxygen atoms in total. The minimum Gasteiger partial charge on any atom is -0.481 e. The lowest BCUT2D eigenvalue weighted by atomic mass is 9.97. The molecular formula is C21H20F3N5O2. The molecule has 4 rings (SSSR count). The van der Waals surface area contributed by atoms with Crippen LogP contribution >= 0.6 is 0 Å². The number of piperidine rings is 1. The number of aliphatic carboxylic acids is 1. The lowest BCUT2D eigenvalue weighted by Crippen LogP contribution is -2.36. The zero-order chi connectivity index (χ0) is 22.0. The van der Waals surface area contributed by atoms with Crippen LogP contribution in [-0.4, -0.2) is 49.0 Å². The smallest absolute Gasteiger partial charge is 0.416 e. The third-order valence-electron chi connectivity index (χ3n) is 5.44. The summed E-state index contributed by atoms with van der Waals surface area (Å²) < 4.78 is 40.3. The number of likely N-dealkylation sites (tertiary alicyclic amines) is 1. The van der Waals surface area contributed by atoms with Gasteiger partial charge >= 0.3 is 12.1 Å². The Morgan fingerprint density at radius 1 is 1.06 bits per heavy atom. The molecule has 1 aliphatic rings. The second kappa shape index (κ2) is 8.46. The number of alkyl halides is 3. The van der Waals surface area contributed by atoms with Crippen LogP contribution in [0.15, 0.2) is 48.8 Å². The molecule has 0 aliphatic carbocycles. The molecule has 3 aromatic rings. The Labute approximate surface area is 176 Å². The van der Waals surface area contributed by atoms with Gasteiger partial charge in [0, 0.05) is 24.5 Å². The van der Waals surface area contributed by atoms with Gasteiger partial charge in [-0.25, -0.2) is 4.68 Å². The van der Waals surface area contributed by atoms with Gasteiger partial charge in [0.15, 0.2) is 0 Å². The monoisotopic (exact) mass is 431 g/mol. The van der Waals surface area contributed by atoms with Crippen molar-refractivity contribution in [2.75, 3.05) is 13.1 Å². The molecule has 1 aromatic carbocycles. The minimum absolute atomic E-state index is 0.334. The zero-order valence-corrected chi connectivity index (χ0v) is 16.5. The van der Waals surface area contributed by atoms with Crippen LogP contribution in [0.5, 0.6) is 0 Å². The van der Waals surface area contributed by atoms with Crippen LogP contribution in [0.3, 0.4) is 0 Å². The molecule has 10 heteroatoms. The Morgan fingerprint density at radius 3 is 2.29 bits per heavy atom. The predicted molar refractivity (Wildman–Crippen MR) is 105 cm³/mol. The van der Waals surface area contributed by atoms with Crippen molar-refractivity contribution in [2.24, 2.45) is 5.92 Å². The largest absolute Gasteiger partial charge is 0.481 e. The average Bonchev–Trinajstić information content (AvgIpc) is 3.17. The summed E-state index contributed by atoms with van der Waals surface area (Å²) >= 11 is 0. The number of pyridine rings is 1. The number of nitrogens with zero attached hydrogens (tertiary/aromatic N) is 5. The lowest BCUT2D eigenvalue weighted by Gasteiger charge is -2.29.